The molecule has 0 spiro atoms. The monoisotopic (exact) mass is 229 g/mol. The Kier molecular flexibility index (Phi) is 7.39. The normalized spacial score (nSPS) is 13.6. The summed E-state index contributed by atoms with van der Waals surface area (Å²) >= 11 is 0. The minimum absolute atomic E-state index is 0.159. The maximum atomic E-state index is 11.5. The van der Waals surface area contributed by atoms with Crippen molar-refractivity contribution in [3.63, 3.8) is 0 Å². The van der Waals surface area contributed by atoms with Crippen molar-refractivity contribution in [2.24, 2.45) is 5.92 Å². The molecular formula is C13H29N2O+. The van der Waals surface area contributed by atoms with Crippen LogP contribution in [0.2, 0.25) is 0 Å². The van der Waals surface area contributed by atoms with Crippen LogP contribution in [0.5, 0.6) is 0 Å². The van der Waals surface area contributed by atoms with Gasteiger partial charge in [0.15, 0.2) is 0 Å². The lowest BCUT2D eigenvalue weighted by molar-refractivity contribution is -0.870. The number of hydrogen-bond acceptors (Lipinski definition) is 1. The van der Waals surface area contributed by atoms with Crippen LogP contribution in [0.25, 0.3) is 0 Å². The standard InChI is InChI=1S/C13H28N2O/c1-6-12(2)13(16)14-10-8-7-9-11-15(3,4)5/h12H,6-11H2,1-5H3/p+1. The molecule has 96 valence electrons. The van der Waals surface area contributed by atoms with Crippen molar-refractivity contribution in [3.8, 4) is 0 Å². The molecule has 0 aliphatic rings. The van der Waals surface area contributed by atoms with Crippen LogP contribution in [-0.2, 0) is 4.79 Å². The van der Waals surface area contributed by atoms with Gasteiger partial charge in [-0.15, -0.1) is 0 Å². The zero-order valence-corrected chi connectivity index (χ0v) is 11.7. The smallest absolute Gasteiger partial charge is 0.222 e. The summed E-state index contributed by atoms with van der Waals surface area (Å²) in [6, 6.07) is 0. The molecule has 0 aromatic carbocycles. The molecule has 1 amide bonds. The van der Waals surface area contributed by atoms with Crippen molar-refractivity contribution in [1.82, 2.24) is 5.32 Å². The van der Waals surface area contributed by atoms with E-state index in [1.807, 2.05) is 13.8 Å². The van der Waals surface area contributed by atoms with E-state index in [0.717, 1.165) is 23.9 Å². The number of unbranched alkanes of at least 4 members (excludes halogenated alkanes) is 2. The molecule has 1 atom stereocenters. The fourth-order valence-electron chi connectivity index (χ4n) is 1.46. The molecule has 1 unspecified atom stereocenters. The summed E-state index contributed by atoms with van der Waals surface area (Å²) in [6.07, 6.45) is 4.47. The topological polar surface area (TPSA) is 29.1 Å². The average Bonchev–Trinajstić information content (AvgIpc) is 2.20. The summed E-state index contributed by atoms with van der Waals surface area (Å²) in [7, 11) is 6.64. The summed E-state index contributed by atoms with van der Waals surface area (Å²) in [4.78, 5) is 11.5. The van der Waals surface area contributed by atoms with Crippen LogP contribution in [-0.4, -0.2) is 44.6 Å². The molecule has 3 nitrogen and oxygen atoms in total. The molecule has 0 aliphatic carbocycles. The van der Waals surface area contributed by atoms with Gasteiger partial charge in [0.1, 0.15) is 0 Å². The highest BCUT2D eigenvalue weighted by molar-refractivity contribution is 5.78. The van der Waals surface area contributed by atoms with Gasteiger partial charge in [-0.1, -0.05) is 13.8 Å². The number of nitrogens with one attached hydrogen (secondary N) is 1. The molecule has 0 aliphatic heterocycles. The average molecular weight is 229 g/mol. The largest absolute Gasteiger partial charge is 0.356 e. The third-order valence-corrected chi connectivity index (χ3v) is 2.86. The van der Waals surface area contributed by atoms with Gasteiger partial charge in [0, 0.05) is 12.5 Å². The van der Waals surface area contributed by atoms with Gasteiger partial charge < -0.3 is 9.80 Å². The summed E-state index contributed by atoms with van der Waals surface area (Å²) in [5, 5.41) is 2.99. The molecule has 0 saturated carbocycles. The first-order valence-electron chi connectivity index (χ1n) is 6.45. The Morgan fingerprint density at radius 3 is 2.31 bits per heavy atom. The molecule has 16 heavy (non-hydrogen) atoms. The SMILES string of the molecule is CCC(C)C(=O)NCCCCC[N+](C)(C)C. The molecule has 0 aromatic heterocycles. The Morgan fingerprint density at radius 2 is 1.81 bits per heavy atom. The lowest BCUT2D eigenvalue weighted by Gasteiger charge is -2.23. The third kappa shape index (κ3) is 8.72. The summed E-state index contributed by atoms with van der Waals surface area (Å²) in [5.74, 6) is 0.361. The van der Waals surface area contributed by atoms with Gasteiger partial charge in [-0.05, 0) is 25.7 Å². The van der Waals surface area contributed by atoms with Crippen LogP contribution in [0.15, 0.2) is 0 Å². The van der Waals surface area contributed by atoms with Crippen LogP contribution in [0.4, 0.5) is 0 Å². The number of rotatable bonds is 8. The number of carbonyl (C=O) groups excluding carboxylic acids is 1. The second-order valence-corrected chi connectivity index (χ2v) is 5.67. The highest BCUT2D eigenvalue weighted by Gasteiger charge is 2.09. The maximum absolute atomic E-state index is 11.5. The van der Waals surface area contributed by atoms with Gasteiger partial charge in [-0.2, -0.15) is 0 Å². The Bertz CT molecular complexity index is 197. The van der Waals surface area contributed by atoms with Gasteiger partial charge in [0.25, 0.3) is 0 Å². The van der Waals surface area contributed by atoms with Crippen molar-refractivity contribution < 1.29 is 9.28 Å². The Hall–Kier alpha value is -0.570. The van der Waals surface area contributed by atoms with E-state index in [4.69, 9.17) is 0 Å². The molecule has 0 rings (SSSR count). The van der Waals surface area contributed by atoms with E-state index in [-0.39, 0.29) is 11.8 Å². The number of nitrogens with zero attached hydrogens (tertiary/aromatic N) is 1. The first-order valence-corrected chi connectivity index (χ1v) is 6.45. The number of quaternary nitrogens is 1. The van der Waals surface area contributed by atoms with Crippen molar-refractivity contribution >= 4 is 5.91 Å². The maximum Gasteiger partial charge on any atom is 0.222 e. The van der Waals surface area contributed by atoms with Crippen LogP contribution >= 0.6 is 0 Å². The van der Waals surface area contributed by atoms with E-state index in [1.54, 1.807) is 0 Å². The van der Waals surface area contributed by atoms with E-state index in [2.05, 4.69) is 26.5 Å². The molecule has 0 saturated heterocycles. The van der Waals surface area contributed by atoms with Crippen molar-refractivity contribution in [2.75, 3.05) is 34.2 Å². The second kappa shape index (κ2) is 7.66. The highest BCUT2D eigenvalue weighted by Crippen LogP contribution is 2.02. The van der Waals surface area contributed by atoms with E-state index in [0.29, 0.717) is 0 Å². The fourth-order valence-corrected chi connectivity index (χ4v) is 1.46. The molecule has 0 fully saturated rings. The van der Waals surface area contributed by atoms with Crippen LogP contribution in [0.3, 0.4) is 0 Å². The van der Waals surface area contributed by atoms with E-state index in [9.17, 15) is 4.79 Å². The lowest BCUT2D eigenvalue weighted by Crippen LogP contribution is -2.35. The minimum atomic E-state index is 0.159. The molecule has 0 heterocycles. The summed E-state index contributed by atoms with van der Waals surface area (Å²) in [5.41, 5.74) is 0. The molecule has 0 bridgehead atoms. The molecule has 0 aromatic rings. The third-order valence-electron chi connectivity index (χ3n) is 2.86. The van der Waals surface area contributed by atoms with Crippen LogP contribution < -0.4 is 5.32 Å². The van der Waals surface area contributed by atoms with Crippen molar-refractivity contribution in [1.29, 1.82) is 0 Å². The van der Waals surface area contributed by atoms with E-state index in [1.165, 1.54) is 19.4 Å². The predicted octanol–water partition coefficient (Wildman–Crippen LogP) is 2.03. The first-order chi connectivity index (χ1) is 7.37. The predicted molar refractivity (Wildman–Crippen MR) is 69.2 cm³/mol. The number of carbonyl (C=O) groups is 1. The Morgan fingerprint density at radius 1 is 1.19 bits per heavy atom. The molecule has 3 heteroatoms. The van der Waals surface area contributed by atoms with Crippen molar-refractivity contribution in [2.45, 2.75) is 39.5 Å². The van der Waals surface area contributed by atoms with Crippen LogP contribution in [0, 0.1) is 5.92 Å². The fraction of sp³-hybridized carbons (Fsp3) is 0.923. The van der Waals surface area contributed by atoms with Gasteiger partial charge >= 0.3 is 0 Å². The zero-order valence-electron chi connectivity index (χ0n) is 11.7. The number of amides is 1. The van der Waals surface area contributed by atoms with Gasteiger partial charge in [0.2, 0.25) is 5.91 Å². The number of hydrogen-bond donors (Lipinski definition) is 1. The Balaban J connectivity index is 3.37. The quantitative estimate of drug-likeness (QED) is 0.501. The minimum Gasteiger partial charge on any atom is -0.356 e. The molecule has 0 radical (unpaired) electrons. The first kappa shape index (κ1) is 15.4. The van der Waals surface area contributed by atoms with Gasteiger partial charge in [-0.25, -0.2) is 0 Å². The highest BCUT2D eigenvalue weighted by atomic mass is 16.1. The molecule has 1 N–H and O–H groups in total. The van der Waals surface area contributed by atoms with E-state index >= 15 is 0 Å². The summed E-state index contributed by atoms with van der Waals surface area (Å²) in [6.45, 7) is 6.07. The van der Waals surface area contributed by atoms with Crippen LogP contribution in [0.1, 0.15) is 39.5 Å². The molecular weight excluding hydrogens is 200 g/mol. The van der Waals surface area contributed by atoms with Gasteiger partial charge in [-0.3, -0.25) is 4.79 Å². The van der Waals surface area contributed by atoms with Gasteiger partial charge in [0.05, 0.1) is 27.7 Å². The van der Waals surface area contributed by atoms with Crippen molar-refractivity contribution in [3.05, 3.63) is 0 Å². The second-order valence-electron chi connectivity index (χ2n) is 5.67. The summed E-state index contributed by atoms with van der Waals surface area (Å²) < 4.78 is 1.03. The zero-order chi connectivity index (χ0) is 12.6. The Labute approximate surface area is 101 Å². The van der Waals surface area contributed by atoms with E-state index < -0.39 is 0 Å². The lowest BCUT2D eigenvalue weighted by atomic mass is 10.1.